The van der Waals surface area contributed by atoms with Crippen LogP contribution >= 0.6 is 11.3 Å². The van der Waals surface area contributed by atoms with E-state index in [-0.39, 0.29) is 5.91 Å². The maximum absolute atomic E-state index is 12.7. The van der Waals surface area contributed by atoms with Crippen LogP contribution in [0.3, 0.4) is 0 Å². The molecule has 0 aliphatic carbocycles. The molecule has 4 heterocycles. The van der Waals surface area contributed by atoms with E-state index in [1.807, 2.05) is 31.4 Å². The fourth-order valence-corrected chi connectivity index (χ4v) is 3.17. The van der Waals surface area contributed by atoms with Crippen LogP contribution < -0.4 is 5.32 Å². The van der Waals surface area contributed by atoms with Gasteiger partial charge in [-0.1, -0.05) is 6.07 Å². The third-order valence-electron chi connectivity index (χ3n) is 4.03. The molecule has 0 bridgehead atoms. The Morgan fingerprint density at radius 1 is 1.04 bits per heavy atom. The predicted molar refractivity (Wildman–Crippen MR) is 102 cm³/mol. The number of nitrogens with one attached hydrogen (secondary N) is 1. The van der Waals surface area contributed by atoms with Crippen molar-refractivity contribution in [2.24, 2.45) is 0 Å². The van der Waals surface area contributed by atoms with E-state index in [9.17, 15) is 4.79 Å². The Balaban J connectivity index is 1.56. The fourth-order valence-electron chi connectivity index (χ4n) is 2.47. The average molecular weight is 377 g/mol. The molecule has 0 unspecified atom stereocenters. The van der Waals surface area contributed by atoms with Crippen molar-refractivity contribution in [3.8, 4) is 17.1 Å². The van der Waals surface area contributed by atoms with Gasteiger partial charge in [-0.25, -0.2) is 19.9 Å². The van der Waals surface area contributed by atoms with E-state index in [0.717, 1.165) is 22.6 Å². The third kappa shape index (κ3) is 3.44. The van der Waals surface area contributed by atoms with E-state index < -0.39 is 0 Å². The zero-order valence-corrected chi connectivity index (χ0v) is 15.4. The van der Waals surface area contributed by atoms with Crippen LogP contribution in [0.4, 0.5) is 5.13 Å². The molecule has 9 heteroatoms. The van der Waals surface area contributed by atoms with Gasteiger partial charge in [-0.15, -0.1) is 11.3 Å². The smallest absolute Gasteiger partial charge is 0.276 e. The molecule has 27 heavy (non-hydrogen) atoms. The summed E-state index contributed by atoms with van der Waals surface area (Å²) in [4.78, 5) is 33.7. The summed E-state index contributed by atoms with van der Waals surface area (Å²) in [5.74, 6) is -0.315. The predicted octanol–water partition coefficient (Wildman–Crippen LogP) is 3.05. The molecule has 0 radical (unpaired) electrons. The second-order valence-corrected chi connectivity index (χ2v) is 6.69. The summed E-state index contributed by atoms with van der Waals surface area (Å²) in [5.41, 5.74) is 4.61. The minimum atomic E-state index is -0.315. The Kier molecular flexibility index (Phi) is 4.43. The SMILES string of the molecule is Cc1ccc(-c2csc(NC(=O)c3cncn3-c3cncnc3)n2)nc1C. The molecule has 1 N–H and O–H groups in total. The van der Waals surface area contributed by atoms with Gasteiger partial charge in [-0.3, -0.25) is 19.7 Å². The highest BCUT2D eigenvalue weighted by molar-refractivity contribution is 7.14. The van der Waals surface area contributed by atoms with Gasteiger partial charge in [0, 0.05) is 11.1 Å². The van der Waals surface area contributed by atoms with E-state index in [1.165, 1.54) is 23.9 Å². The summed E-state index contributed by atoms with van der Waals surface area (Å²) in [6.07, 6.45) is 7.68. The lowest BCUT2D eigenvalue weighted by Crippen LogP contribution is -2.16. The van der Waals surface area contributed by atoms with Gasteiger partial charge < -0.3 is 0 Å². The number of hydrogen-bond donors (Lipinski definition) is 1. The van der Waals surface area contributed by atoms with Crippen molar-refractivity contribution < 1.29 is 4.79 Å². The Morgan fingerprint density at radius 3 is 2.63 bits per heavy atom. The van der Waals surface area contributed by atoms with Crippen molar-refractivity contribution in [3.05, 3.63) is 65.7 Å². The van der Waals surface area contributed by atoms with Gasteiger partial charge in [0.15, 0.2) is 5.13 Å². The molecule has 0 fully saturated rings. The third-order valence-corrected chi connectivity index (χ3v) is 4.79. The maximum atomic E-state index is 12.7. The van der Waals surface area contributed by atoms with Crippen LogP contribution in [-0.4, -0.2) is 35.4 Å². The molecule has 0 saturated carbocycles. The summed E-state index contributed by atoms with van der Waals surface area (Å²) < 4.78 is 1.62. The second-order valence-electron chi connectivity index (χ2n) is 5.84. The van der Waals surface area contributed by atoms with E-state index >= 15 is 0 Å². The molecule has 8 nitrogen and oxygen atoms in total. The van der Waals surface area contributed by atoms with Crippen LogP contribution in [0.1, 0.15) is 21.7 Å². The molecule has 0 saturated heterocycles. The molecule has 134 valence electrons. The molecule has 4 aromatic rings. The van der Waals surface area contributed by atoms with E-state index in [0.29, 0.717) is 16.5 Å². The minimum absolute atomic E-state index is 0.315. The summed E-state index contributed by atoms with van der Waals surface area (Å²) in [5, 5.41) is 5.17. The number of amides is 1. The van der Waals surface area contributed by atoms with Crippen LogP contribution in [0.5, 0.6) is 0 Å². The lowest BCUT2D eigenvalue weighted by Gasteiger charge is -2.06. The van der Waals surface area contributed by atoms with Crippen molar-refractivity contribution in [1.82, 2.24) is 29.5 Å². The Labute approximate surface area is 159 Å². The van der Waals surface area contributed by atoms with Crippen LogP contribution in [0.15, 0.2) is 48.8 Å². The number of aromatic nitrogens is 6. The zero-order chi connectivity index (χ0) is 18.8. The standard InChI is InChI=1S/C18H15N7OS/c1-11-3-4-14(22-12(11)2)15-8-27-18(23-15)24-17(26)16-7-21-10-25(16)13-5-19-9-20-6-13/h3-10H,1-2H3,(H,23,24,26). The first-order valence-electron chi connectivity index (χ1n) is 8.11. The lowest BCUT2D eigenvalue weighted by molar-refractivity contribution is 0.102. The largest absolute Gasteiger partial charge is 0.296 e. The number of carbonyl (C=O) groups excluding carboxylic acids is 1. The van der Waals surface area contributed by atoms with Gasteiger partial charge in [-0.05, 0) is 25.5 Å². The van der Waals surface area contributed by atoms with Crippen LogP contribution in [0.2, 0.25) is 0 Å². The maximum Gasteiger partial charge on any atom is 0.276 e. The van der Waals surface area contributed by atoms with Gasteiger partial charge in [-0.2, -0.15) is 0 Å². The van der Waals surface area contributed by atoms with Crippen molar-refractivity contribution in [2.45, 2.75) is 13.8 Å². The molecule has 0 spiro atoms. The number of carbonyl (C=O) groups is 1. The molecule has 0 aromatic carbocycles. The monoisotopic (exact) mass is 377 g/mol. The number of anilines is 1. The van der Waals surface area contributed by atoms with Crippen LogP contribution in [0.25, 0.3) is 17.1 Å². The Hall–Kier alpha value is -3.46. The normalized spacial score (nSPS) is 10.7. The molecular weight excluding hydrogens is 362 g/mol. The highest BCUT2D eigenvalue weighted by Crippen LogP contribution is 2.25. The van der Waals surface area contributed by atoms with E-state index in [2.05, 4.69) is 30.2 Å². The van der Waals surface area contributed by atoms with Gasteiger partial charge in [0.05, 0.1) is 36.3 Å². The highest BCUT2D eigenvalue weighted by atomic mass is 32.1. The van der Waals surface area contributed by atoms with Crippen molar-refractivity contribution in [1.29, 1.82) is 0 Å². The Bertz CT molecular complexity index is 1100. The first kappa shape index (κ1) is 17.0. The van der Waals surface area contributed by atoms with E-state index in [4.69, 9.17) is 0 Å². The minimum Gasteiger partial charge on any atom is -0.296 e. The van der Waals surface area contributed by atoms with Crippen molar-refractivity contribution >= 4 is 22.4 Å². The molecule has 4 aromatic heterocycles. The second kappa shape index (κ2) is 7.04. The molecule has 4 rings (SSSR count). The summed E-state index contributed by atoms with van der Waals surface area (Å²) in [6, 6.07) is 3.93. The van der Waals surface area contributed by atoms with Gasteiger partial charge in [0.2, 0.25) is 0 Å². The average Bonchev–Trinajstić information content (AvgIpc) is 3.34. The van der Waals surface area contributed by atoms with Crippen LogP contribution in [-0.2, 0) is 0 Å². The van der Waals surface area contributed by atoms with Crippen LogP contribution in [0, 0.1) is 13.8 Å². The van der Waals surface area contributed by atoms with Gasteiger partial charge in [0.25, 0.3) is 5.91 Å². The first-order valence-corrected chi connectivity index (χ1v) is 8.99. The van der Waals surface area contributed by atoms with E-state index in [1.54, 1.807) is 23.3 Å². The highest BCUT2D eigenvalue weighted by Gasteiger charge is 2.16. The topological polar surface area (TPSA) is 98.5 Å². The molecule has 1 amide bonds. The number of hydrogen-bond acceptors (Lipinski definition) is 7. The quantitative estimate of drug-likeness (QED) is 0.587. The molecule has 0 aliphatic heterocycles. The number of thiazole rings is 1. The molecule has 0 aliphatic rings. The molecule has 0 atom stereocenters. The van der Waals surface area contributed by atoms with Gasteiger partial charge in [0.1, 0.15) is 17.7 Å². The lowest BCUT2D eigenvalue weighted by atomic mass is 10.2. The number of nitrogens with zero attached hydrogens (tertiary/aromatic N) is 6. The number of rotatable bonds is 4. The molecular formula is C18H15N7OS. The summed E-state index contributed by atoms with van der Waals surface area (Å²) >= 11 is 1.34. The fraction of sp³-hybridized carbons (Fsp3) is 0.111. The zero-order valence-electron chi connectivity index (χ0n) is 14.6. The van der Waals surface area contributed by atoms with Gasteiger partial charge >= 0.3 is 0 Å². The number of aryl methyl sites for hydroxylation is 2. The first-order chi connectivity index (χ1) is 13.1. The Morgan fingerprint density at radius 2 is 1.85 bits per heavy atom. The van der Waals surface area contributed by atoms with Crippen molar-refractivity contribution in [2.75, 3.05) is 5.32 Å². The number of pyridine rings is 1. The van der Waals surface area contributed by atoms with Crippen molar-refractivity contribution in [3.63, 3.8) is 0 Å². The number of imidazole rings is 1. The summed E-state index contributed by atoms with van der Waals surface area (Å²) in [6.45, 7) is 3.97. The summed E-state index contributed by atoms with van der Waals surface area (Å²) in [7, 11) is 0.